The van der Waals surface area contributed by atoms with E-state index in [0.29, 0.717) is 19.0 Å². The van der Waals surface area contributed by atoms with Crippen LogP contribution in [0.15, 0.2) is 4.99 Å². The highest BCUT2D eigenvalue weighted by Gasteiger charge is 2.55. The first-order chi connectivity index (χ1) is 11.6. The molecule has 0 bridgehead atoms. The van der Waals surface area contributed by atoms with Crippen molar-refractivity contribution in [1.82, 2.24) is 14.7 Å². The van der Waals surface area contributed by atoms with Crippen LogP contribution in [0.25, 0.3) is 0 Å². The maximum Gasteiger partial charge on any atom is 0.392 e. The Labute approximate surface area is 142 Å². The Morgan fingerprint density at radius 3 is 2.42 bits per heavy atom. The van der Waals surface area contributed by atoms with Crippen molar-refractivity contribution in [2.24, 2.45) is 4.99 Å². The van der Waals surface area contributed by atoms with Crippen molar-refractivity contribution >= 4 is 23.7 Å². The van der Waals surface area contributed by atoms with Gasteiger partial charge < -0.3 is 4.74 Å². The molecule has 3 heterocycles. The molecule has 2 fully saturated rings. The van der Waals surface area contributed by atoms with E-state index in [2.05, 4.69) is 4.58 Å². The molecule has 3 aliphatic heterocycles. The van der Waals surface area contributed by atoms with Crippen LogP contribution in [-0.2, 0) is 9.53 Å². The highest BCUT2D eigenvalue weighted by atomic mass is 16.5. The third-order valence-electron chi connectivity index (χ3n) is 4.93. The normalized spacial score (nSPS) is 25.2. The molecule has 3 amide bonds. The minimum Gasteiger partial charge on any atom is -0.381 e. The highest BCUT2D eigenvalue weighted by molar-refractivity contribution is 6.25. The summed E-state index contributed by atoms with van der Waals surface area (Å²) < 4.78 is 7.47. The smallest absolute Gasteiger partial charge is 0.381 e. The standard InChI is InChI=1S/C16H26N5O3/c1-18-13-12(14(22)19(2)16(18)23)21(10-11-24-3)15(17-13)20-8-6-4-5-7-9-20/h12H,4-11H2,1-3H3/q+1. The minimum absolute atomic E-state index is 0.224. The summed E-state index contributed by atoms with van der Waals surface area (Å²) >= 11 is 0. The molecule has 24 heavy (non-hydrogen) atoms. The molecule has 0 radical (unpaired) electrons. The maximum absolute atomic E-state index is 12.7. The molecule has 1 unspecified atom stereocenters. The summed E-state index contributed by atoms with van der Waals surface area (Å²) in [4.78, 5) is 34.3. The van der Waals surface area contributed by atoms with Crippen LogP contribution in [0, 0.1) is 0 Å². The van der Waals surface area contributed by atoms with Gasteiger partial charge in [0, 0.05) is 21.2 Å². The molecule has 132 valence electrons. The van der Waals surface area contributed by atoms with E-state index < -0.39 is 6.04 Å². The molecule has 0 N–H and O–H groups in total. The van der Waals surface area contributed by atoms with Crippen molar-refractivity contribution in [2.45, 2.75) is 31.7 Å². The SMILES string of the molecule is COCCN1C(=[N+]2CCCCCC2)N=C2C1C(=O)N(C)C(=O)N2C. The molecule has 2 saturated heterocycles. The third kappa shape index (κ3) is 2.79. The number of rotatable bonds is 3. The lowest BCUT2D eigenvalue weighted by Crippen LogP contribution is -2.63. The molecule has 0 spiro atoms. The fourth-order valence-corrected chi connectivity index (χ4v) is 3.53. The van der Waals surface area contributed by atoms with E-state index in [9.17, 15) is 9.59 Å². The first kappa shape index (κ1) is 16.9. The first-order valence-corrected chi connectivity index (χ1v) is 8.57. The van der Waals surface area contributed by atoms with E-state index >= 15 is 0 Å². The topological polar surface area (TPSA) is 68.5 Å². The largest absolute Gasteiger partial charge is 0.392 e. The van der Waals surface area contributed by atoms with Crippen LogP contribution in [0.5, 0.6) is 0 Å². The van der Waals surface area contributed by atoms with Gasteiger partial charge in [-0.05, 0) is 12.8 Å². The highest BCUT2D eigenvalue weighted by Crippen LogP contribution is 2.23. The number of amidine groups is 1. The van der Waals surface area contributed by atoms with Crippen molar-refractivity contribution in [1.29, 1.82) is 0 Å². The Morgan fingerprint density at radius 1 is 1.12 bits per heavy atom. The zero-order valence-corrected chi connectivity index (χ0v) is 14.7. The number of aliphatic imine (C=N–C) groups is 1. The molecule has 3 rings (SSSR count). The number of fused-ring (bicyclic) bond motifs is 1. The molecule has 0 aromatic heterocycles. The fourth-order valence-electron chi connectivity index (χ4n) is 3.53. The Morgan fingerprint density at radius 2 is 1.79 bits per heavy atom. The number of amides is 3. The number of guanidine groups is 1. The van der Waals surface area contributed by atoms with Crippen LogP contribution in [0.1, 0.15) is 25.7 Å². The fraction of sp³-hybridized carbons (Fsp3) is 0.750. The second-order valence-electron chi connectivity index (χ2n) is 6.50. The van der Waals surface area contributed by atoms with Crippen molar-refractivity contribution in [2.75, 3.05) is 47.4 Å². The number of nitrogens with zero attached hydrogens (tertiary/aromatic N) is 5. The number of ether oxygens (including phenoxy) is 1. The van der Waals surface area contributed by atoms with Gasteiger partial charge in [-0.2, -0.15) is 0 Å². The molecular weight excluding hydrogens is 310 g/mol. The van der Waals surface area contributed by atoms with Crippen LogP contribution >= 0.6 is 0 Å². The van der Waals surface area contributed by atoms with Gasteiger partial charge in [0.1, 0.15) is 0 Å². The number of likely N-dealkylation sites (N-methyl/N-ethyl adjacent to an activating group) is 2. The summed E-state index contributed by atoms with van der Waals surface area (Å²) in [6, 6.07) is -0.870. The van der Waals surface area contributed by atoms with Crippen LogP contribution in [0.2, 0.25) is 0 Å². The van der Waals surface area contributed by atoms with Gasteiger partial charge in [-0.25, -0.2) is 9.69 Å². The van der Waals surface area contributed by atoms with Gasteiger partial charge in [-0.3, -0.25) is 19.2 Å². The lowest BCUT2D eigenvalue weighted by atomic mass is 10.1. The van der Waals surface area contributed by atoms with Gasteiger partial charge in [-0.1, -0.05) is 17.8 Å². The molecule has 3 aliphatic rings. The lowest BCUT2D eigenvalue weighted by Gasteiger charge is -2.33. The van der Waals surface area contributed by atoms with Crippen LogP contribution in [-0.4, -0.2) is 96.5 Å². The van der Waals surface area contributed by atoms with Crippen LogP contribution < -0.4 is 0 Å². The summed E-state index contributed by atoms with van der Waals surface area (Å²) in [6.45, 7) is 2.95. The maximum atomic E-state index is 12.7. The summed E-state index contributed by atoms with van der Waals surface area (Å²) in [5.41, 5.74) is 0. The average Bonchev–Trinajstić information content (AvgIpc) is 2.76. The molecule has 0 aromatic rings. The minimum atomic E-state index is -0.536. The molecule has 8 heteroatoms. The number of hydrogen-bond donors (Lipinski definition) is 0. The lowest BCUT2D eigenvalue weighted by molar-refractivity contribution is -0.531. The molecule has 1 atom stereocenters. The van der Waals surface area contributed by atoms with Crippen LogP contribution in [0.4, 0.5) is 4.79 Å². The van der Waals surface area contributed by atoms with E-state index in [-0.39, 0.29) is 11.9 Å². The predicted octanol–water partition coefficient (Wildman–Crippen LogP) is 0.182. The average molecular weight is 336 g/mol. The van der Waals surface area contributed by atoms with Gasteiger partial charge in [0.05, 0.1) is 26.2 Å². The summed E-state index contributed by atoms with van der Waals surface area (Å²) in [5, 5.41) is 0. The van der Waals surface area contributed by atoms with Gasteiger partial charge >= 0.3 is 12.0 Å². The van der Waals surface area contributed by atoms with E-state index in [1.807, 2.05) is 4.90 Å². The number of hydrogen-bond acceptors (Lipinski definition) is 3. The zero-order valence-electron chi connectivity index (χ0n) is 14.7. The first-order valence-electron chi connectivity index (χ1n) is 8.57. The number of carbonyl (C=O) groups excluding carboxylic acids is 2. The zero-order chi connectivity index (χ0) is 17.3. The van der Waals surface area contributed by atoms with Gasteiger partial charge in [0.15, 0.2) is 0 Å². The summed E-state index contributed by atoms with van der Waals surface area (Å²) in [7, 11) is 4.85. The van der Waals surface area contributed by atoms with Crippen LogP contribution in [0.3, 0.4) is 0 Å². The van der Waals surface area contributed by atoms with Crippen molar-refractivity contribution in [3.05, 3.63) is 0 Å². The van der Waals surface area contributed by atoms with Crippen molar-refractivity contribution in [3.63, 3.8) is 0 Å². The molecule has 8 nitrogen and oxygen atoms in total. The summed E-state index contributed by atoms with van der Waals surface area (Å²) in [6.07, 6.45) is 4.70. The quantitative estimate of drug-likeness (QED) is 0.690. The third-order valence-corrected chi connectivity index (χ3v) is 4.93. The number of carbonyl (C=O) groups is 2. The Kier molecular flexibility index (Phi) is 4.84. The second-order valence-corrected chi connectivity index (χ2v) is 6.50. The van der Waals surface area contributed by atoms with Crippen molar-refractivity contribution in [3.8, 4) is 0 Å². The number of imide groups is 1. The second kappa shape index (κ2) is 6.88. The van der Waals surface area contributed by atoms with E-state index in [0.717, 1.165) is 31.9 Å². The molecular formula is C16H26N5O3+. The molecule has 0 aromatic carbocycles. The van der Waals surface area contributed by atoms with Gasteiger partial charge in [0.25, 0.3) is 5.91 Å². The number of urea groups is 1. The predicted molar refractivity (Wildman–Crippen MR) is 89.2 cm³/mol. The monoisotopic (exact) mass is 336 g/mol. The molecule has 0 saturated carbocycles. The van der Waals surface area contributed by atoms with Crippen molar-refractivity contribution < 1.29 is 18.9 Å². The number of methoxy groups -OCH3 is 1. The Hall–Kier alpha value is -1.96. The van der Waals surface area contributed by atoms with E-state index in [1.165, 1.54) is 29.7 Å². The van der Waals surface area contributed by atoms with E-state index in [4.69, 9.17) is 9.73 Å². The Balaban J connectivity index is 2.01. The van der Waals surface area contributed by atoms with Gasteiger partial charge in [0.2, 0.25) is 11.9 Å². The Bertz CT molecular complexity index is 591. The molecule has 0 aliphatic carbocycles. The van der Waals surface area contributed by atoms with E-state index in [1.54, 1.807) is 14.2 Å². The summed E-state index contributed by atoms with van der Waals surface area (Å²) in [5.74, 6) is 1.11. The van der Waals surface area contributed by atoms with Gasteiger partial charge in [-0.15, -0.1) is 0 Å².